The summed E-state index contributed by atoms with van der Waals surface area (Å²) < 4.78 is 1.84. The van der Waals surface area contributed by atoms with Crippen LogP contribution in [-0.2, 0) is 6.54 Å². The van der Waals surface area contributed by atoms with Gasteiger partial charge in [0.15, 0.2) is 0 Å². The first-order valence-corrected chi connectivity index (χ1v) is 5.49. The summed E-state index contributed by atoms with van der Waals surface area (Å²) in [6, 6.07) is 0. The van der Waals surface area contributed by atoms with Crippen molar-refractivity contribution in [1.82, 2.24) is 9.88 Å². The van der Waals surface area contributed by atoms with Crippen molar-refractivity contribution in [3.8, 4) is 0 Å². The Labute approximate surface area is 82.4 Å². The number of nitrogens with one attached hydrogen (secondary N) is 1. The Hall–Kier alpha value is -0.610. The van der Waals surface area contributed by atoms with E-state index in [-0.39, 0.29) is 4.87 Å². The van der Waals surface area contributed by atoms with Gasteiger partial charge in [0, 0.05) is 17.6 Å². The van der Waals surface area contributed by atoms with Crippen molar-refractivity contribution in [2.45, 2.75) is 26.8 Å². The van der Waals surface area contributed by atoms with Crippen molar-refractivity contribution >= 4 is 11.3 Å². The van der Waals surface area contributed by atoms with Gasteiger partial charge in [0.2, 0.25) is 0 Å². The molecule has 0 fully saturated rings. The van der Waals surface area contributed by atoms with Gasteiger partial charge < -0.3 is 9.88 Å². The molecule has 0 saturated carbocycles. The number of nitrogens with zero attached hydrogens (tertiary/aromatic N) is 1. The quantitative estimate of drug-likeness (QED) is 0.725. The lowest BCUT2D eigenvalue weighted by Crippen LogP contribution is -2.20. The third kappa shape index (κ3) is 2.97. The highest BCUT2D eigenvalue weighted by atomic mass is 32.1. The molecule has 0 aliphatic carbocycles. The Morgan fingerprint density at radius 1 is 1.62 bits per heavy atom. The summed E-state index contributed by atoms with van der Waals surface area (Å²) in [6.07, 6.45) is 1.02. The minimum Gasteiger partial charge on any atom is -0.317 e. The van der Waals surface area contributed by atoms with Crippen LogP contribution < -0.4 is 10.2 Å². The van der Waals surface area contributed by atoms with Crippen molar-refractivity contribution in [3.05, 3.63) is 20.7 Å². The second kappa shape index (κ2) is 5.19. The largest absolute Gasteiger partial charge is 0.317 e. The molecule has 1 rings (SSSR count). The van der Waals surface area contributed by atoms with Crippen molar-refractivity contribution in [3.63, 3.8) is 0 Å². The predicted octanol–water partition coefficient (Wildman–Crippen LogP) is 1.22. The normalized spacial score (nSPS) is 10.6. The van der Waals surface area contributed by atoms with Crippen LogP contribution in [0.5, 0.6) is 0 Å². The number of aryl methyl sites for hydroxylation is 1. The van der Waals surface area contributed by atoms with Crippen LogP contribution in [0.3, 0.4) is 0 Å². The molecular weight excluding hydrogens is 184 g/mol. The van der Waals surface area contributed by atoms with E-state index in [0.29, 0.717) is 0 Å². The van der Waals surface area contributed by atoms with E-state index in [1.807, 2.05) is 16.9 Å². The fourth-order valence-electron chi connectivity index (χ4n) is 1.21. The van der Waals surface area contributed by atoms with Crippen LogP contribution in [0, 0.1) is 6.92 Å². The summed E-state index contributed by atoms with van der Waals surface area (Å²) in [5, 5.41) is 5.15. The van der Waals surface area contributed by atoms with E-state index in [1.165, 1.54) is 11.3 Å². The van der Waals surface area contributed by atoms with Gasteiger partial charge in [0.05, 0.1) is 0 Å². The van der Waals surface area contributed by atoms with Gasteiger partial charge in [0.1, 0.15) is 0 Å². The second-order valence-electron chi connectivity index (χ2n) is 3.00. The van der Waals surface area contributed by atoms with Crippen molar-refractivity contribution in [2.75, 3.05) is 13.1 Å². The molecule has 1 heterocycles. The first kappa shape index (κ1) is 10.5. The van der Waals surface area contributed by atoms with Gasteiger partial charge in [0.25, 0.3) is 0 Å². The lowest BCUT2D eigenvalue weighted by atomic mass is 10.4. The molecular formula is C9H16N2OS. The van der Waals surface area contributed by atoms with E-state index in [1.54, 1.807) is 0 Å². The van der Waals surface area contributed by atoms with E-state index in [0.717, 1.165) is 31.7 Å². The maximum atomic E-state index is 11.3. The van der Waals surface area contributed by atoms with Gasteiger partial charge in [-0.25, -0.2) is 0 Å². The molecule has 13 heavy (non-hydrogen) atoms. The molecule has 0 aliphatic heterocycles. The molecule has 3 nitrogen and oxygen atoms in total. The van der Waals surface area contributed by atoms with E-state index >= 15 is 0 Å². The van der Waals surface area contributed by atoms with Gasteiger partial charge in [-0.15, -0.1) is 0 Å². The Balaban J connectivity index is 2.40. The van der Waals surface area contributed by atoms with Crippen LogP contribution in [0.25, 0.3) is 0 Å². The number of rotatable bonds is 5. The average Bonchev–Trinajstić information content (AvgIpc) is 2.42. The van der Waals surface area contributed by atoms with E-state index in [2.05, 4.69) is 12.2 Å². The van der Waals surface area contributed by atoms with Crippen molar-refractivity contribution < 1.29 is 0 Å². The zero-order chi connectivity index (χ0) is 9.68. The maximum absolute atomic E-state index is 11.3. The highest BCUT2D eigenvalue weighted by Gasteiger charge is 2.00. The van der Waals surface area contributed by atoms with Crippen LogP contribution in [-0.4, -0.2) is 17.7 Å². The highest BCUT2D eigenvalue weighted by Crippen LogP contribution is 1.99. The molecule has 0 radical (unpaired) electrons. The molecule has 1 N–H and O–H groups in total. The first-order chi connectivity index (χ1) is 6.25. The third-order valence-corrected chi connectivity index (χ3v) is 2.84. The van der Waals surface area contributed by atoms with Gasteiger partial charge in [-0.2, -0.15) is 0 Å². The number of hydrogen-bond acceptors (Lipinski definition) is 3. The van der Waals surface area contributed by atoms with E-state index in [4.69, 9.17) is 0 Å². The van der Waals surface area contributed by atoms with Crippen LogP contribution in [0.2, 0.25) is 0 Å². The van der Waals surface area contributed by atoms with Crippen LogP contribution in [0.15, 0.2) is 10.2 Å². The molecule has 0 atom stereocenters. The van der Waals surface area contributed by atoms with Crippen LogP contribution >= 0.6 is 11.3 Å². The zero-order valence-electron chi connectivity index (χ0n) is 8.17. The smallest absolute Gasteiger partial charge is 0.307 e. The van der Waals surface area contributed by atoms with E-state index < -0.39 is 0 Å². The highest BCUT2D eigenvalue weighted by molar-refractivity contribution is 7.07. The molecule has 74 valence electrons. The van der Waals surface area contributed by atoms with E-state index in [9.17, 15) is 4.79 Å². The van der Waals surface area contributed by atoms with Crippen molar-refractivity contribution in [2.24, 2.45) is 0 Å². The Morgan fingerprint density at radius 2 is 2.38 bits per heavy atom. The standard InChI is InChI=1S/C9H16N2OS/c1-3-10-5-4-6-11-8(2)7-13-9(11)12/h7,10H,3-6H2,1-2H3. The summed E-state index contributed by atoms with van der Waals surface area (Å²) in [5.74, 6) is 0. The fourth-order valence-corrected chi connectivity index (χ4v) is 1.97. The first-order valence-electron chi connectivity index (χ1n) is 4.61. The average molecular weight is 200 g/mol. The second-order valence-corrected chi connectivity index (χ2v) is 3.82. The fraction of sp³-hybridized carbons (Fsp3) is 0.667. The van der Waals surface area contributed by atoms with Gasteiger partial charge >= 0.3 is 4.87 Å². The molecule has 0 amide bonds. The topological polar surface area (TPSA) is 34.0 Å². The minimum absolute atomic E-state index is 0.161. The van der Waals surface area contributed by atoms with Crippen molar-refractivity contribution in [1.29, 1.82) is 0 Å². The molecule has 0 bridgehead atoms. The number of hydrogen-bond donors (Lipinski definition) is 1. The molecule has 0 spiro atoms. The predicted molar refractivity (Wildman–Crippen MR) is 56.5 cm³/mol. The summed E-state index contributed by atoms with van der Waals surface area (Å²) >= 11 is 1.28. The Kier molecular flexibility index (Phi) is 4.18. The SMILES string of the molecule is CCNCCCn1c(C)csc1=O. The molecule has 1 aromatic rings. The lowest BCUT2D eigenvalue weighted by Gasteiger charge is -2.04. The Morgan fingerprint density at radius 3 is 2.92 bits per heavy atom. The minimum atomic E-state index is 0.161. The molecule has 0 saturated heterocycles. The number of aromatic nitrogens is 1. The van der Waals surface area contributed by atoms with Crippen LogP contribution in [0.4, 0.5) is 0 Å². The lowest BCUT2D eigenvalue weighted by molar-refractivity contribution is 0.579. The molecule has 0 aromatic carbocycles. The van der Waals surface area contributed by atoms with Gasteiger partial charge in [-0.05, 0) is 26.4 Å². The molecule has 0 unspecified atom stereocenters. The van der Waals surface area contributed by atoms with Crippen LogP contribution in [0.1, 0.15) is 19.0 Å². The van der Waals surface area contributed by atoms with Gasteiger partial charge in [-0.3, -0.25) is 4.79 Å². The summed E-state index contributed by atoms with van der Waals surface area (Å²) in [5.41, 5.74) is 1.08. The maximum Gasteiger partial charge on any atom is 0.307 e. The summed E-state index contributed by atoms with van der Waals surface area (Å²) in [4.78, 5) is 11.4. The zero-order valence-corrected chi connectivity index (χ0v) is 8.99. The molecule has 4 heteroatoms. The number of thiazole rings is 1. The monoisotopic (exact) mass is 200 g/mol. The Bertz CT molecular complexity index is 303. The summed E-state index contributed by atoms with van der Waals surface area (Å²) in [7, 11) is 0. The van der Waals surface area contributed by atoms with Gasteiger partial charge in [-0.1, -0.05) is 18.3 Å². The summed E-state index contributed by atoms with van der Waals surface area (Å²) in [6.45, 7) is 6.88. The molecule has 1 aromatic heterocycles. The molecule has 0 aliphatic rings. The third-order valence-electron chi connectivity index (χ3n) is 1.96.